The summed E-state index contributed by atoms with van der Waals surface area (Å²) in [6.07, 6.45) is -1.12. The second-order valence-electron chi connectivity index (χ2n) is 9.91. The average Bonchev–Trinajstić information content (AvgIpc) is 3.25. The first-order chi connectivity index (χ1) is 18.5. The van der Waals surface area contributed by atoms with Gasteiger partial charge in [0.15, 0.2) is 0 Å². The van der Waals surface area contributed by atoms with Crippen molar-refractivity contribution in [1.29, 1.82) is 0 Å². The summed E-state index contributed by atoms with van der Waals surface area (Å²) in [7, 11) is 0. The predicted octanol–water partition coefficient (Wildman–Crippen LogP) is 5.31. The summed E-state index contributed by atoms with van der Waals surface area (Å²) in [5.74, 6) is 0. The van der Waals surface area contributed by atoms with E-state index in [0.717, 1.165) is 16.7 Å². The first-order valence-electron chi connectivity index (χ1n) is 13.0. The second kappa shape index (κ2) is 13.5. The Bertz CT molecular complexity index is 1110. The number of carbonyl (C=O) groups is 1. The number of hydrogen-bond donors (Lipinski definition) is 1. The molecule has 7 heteroatoms. The van der Waals surface area contributed by atoms with Crippen LogP contribution in [0.2, 0.25) is 0 Å². The lowest BCUT2D eigenvalue weighted by molar-refractivity contribution is -0.112. The number of carbonyl (C=O) groups excluding carboxylic acids is 1. The number of aliphatic hydroxyl groups is 1. The minimum absolute atomic E-state index is 0.173. The van der Waals surface area contributed by atoms with Gasteiger partial charge in [0.25, 0.3) is 0 Å². The molecular formula is C31H37NO6. The maximum Gasteiger partial charge on any atom is 0.412 e. The van der Waals surface area contributed by atoms with Gasteiger partial charge in [-0.25, -0.2) is 4.79 Å². The molecule has 202 valence electrons. The molecule has 0 saturated carbocycles. The van der Waals surface area contributed by atoms with Crippen molar-refractivity contribution in [3.63, 3.8) is 0 Å². The summed E-state index contributed by atoms with van der Waals surface area (Å²) in [6.45, 7) is 4.68. The number of amides is 1. The van der Waals surface area contributed by atoms with E-state index in [-0.39, 0.29) is 19.3 Å². The van der Waals surface area contributed by atoms with E-state index < -0.39 is 24.0 Å². The van der Waals surface area contributed by atoms with Crippen LogP contribution < -0.4 is 0 Å². The molecule has 38 heavy (non-hydrogen) atoms. The Kier molecular flexibility index (Phi) is 9.90. The Hall–Kier alpha value is -3.23. The van der Waals surface area contributed by atoms with Gasteiger partial charge >= 0.3 is 6.09 Å². The molecule has 3 aromatic rings. The van der Waals surface area contributed by atoms with Crippen LogP contribution in [0.15, 0.2) is 91.0 Å². The van der Waals surface area contributed by atoms with E-state index in [4.69, 9.17) is 18.9 Å². The van der Waals surface area contributed by atoms with Crippen molar-refractivity contribution >= 4 is 6.09 Å². The molecule has 0 aliphatic carbocycles. The van der Waals surface area contributed by atoms with E-state index in [9.17, 15) is 9.90 Å². The van der Waals surface area contributed by atoms with Crippen LogP contribution in [-0.4, -0.2) is 53.3 Å². The number of rotatable bonds is 12. The normalized spacial score (nSPS) is 18.2. The molecule has 0 spiro atoms. The zero-order chi connectivity index (χ0) is 26.8. The molecule has 1 aliphatic heterocycles. The smallest absolute Gasteiger partial charge is 0.412 e. The van der Waals surface area contributed by atoms with Gasteiger partial charge < -0.3 is 24.1 Å². The highest BCUT2D eigenvalue weighted by Crippen LogP contribution is 2.32. The number of ether oxygens (including phenoxy) is 4. The monoisotopic (exact) mass is 519 g/mol. The van der Waals surface area contributed by atoms with Gasteiger partial charge in [0.05, 0.1) is 38.6 Å². The summed E-state index contributed by atoms with van der Waals surface area (Å²) < 4.78 is 24.2. The predicted molar refractivity (Wildman–Crippen MR) is 144 cm³/mol. The largest absolute Gasteiger partial charge is 0.444 e. The first kappa shape index (κ1) is 27.8. The number of aliphatic hydroxyl groups excluding tert-OH is 1. The van der Waals surface area contributed by atoms with Crippen LogP contribution in [0.4, 0.5) is 4.79 Å². The fourth-order valence-electron chi connectivity index (χ4n) is 4.64. The molecule has 0 bridgehead atoms. The molecule has 0 aromatic heterocycles. The van der Waals surface area contributed by atoms with E-state index >= 15 is 0 Å². The summed E-state index contributed by atoms with van der Waals surface area (Å²) in [6, 6.07) is 28.9. The Labute approximate surface area is 224 Å². The Morgan fingerprint density at radius 1 is 0.842 bits per heavy atom. The summed E-state index contributed by atoms with van der Waals surface area (Å²) >= 11 is 0. The lowest BCUT2D eigenvalue weighted by Crippen LogP contribution is -2.50. The van der Waals surface area contributed by atoms with Crippen LogP contribution in [0.1, 0.15) is 37.0 Å². The molecule has 3 aromatic carbocycles. The van der Waals surface area contributed by atoms with Crippen LogP contribution in [-0.2, 0) is 38.8 Å². The number of nitrogens with zero attached hydrogens (tertiary/aromatic N) is 1. The standard InChI is InChI=1S/C31H37NO6/c1-31(2)32(30(34)37-22-26-16-10-5-11-17-26)27(23-38-31)18-28(35-20-24-12-6-3-7-13-24)29(19-33)36-21-25-14-8-4-9-15-25/h3-17,27-29,33H,18-23H2,1-2H3/t27-,28+,29-/m0/s1. The molecule has 4 rings (SSSR count). The van der Waals surface area contributed by atoms with Crippen molar-refractivity contribution in [3.8, 4) is 0 Å². The summed E-state index contributed by atoms with van der Waals surface area (Å²) in [4.78, 5) is 14.9. The van der Waals surface area contributed by atoms with E-state index in [1.807, 2.05) is 105 Å². The van der Waals surface area contributed by atoms with Crippen molar-refractivity contribution < 1.29 is 28.8 Å². The highest BCUT2D eigenvalue weighted by Gasteiger charge is 2.46. The van der Waals surface area contributed by atoms with Crippen LogP contribution >= 0.6 is 0 Å². The summed E-state index contributed by atoms with van der Waals surface area (Å²) in [5.41, 5.74) is 2.08. The molecule has 0 radical (unpaired) electrons. The molecule has 7 nitrogen and oxygen atoms in total. The highest BCUT2D eigenvalue weighted by molar-refractivity contribution is 5.69. The van der Waals surface area contributed by atoms with Gasteiger partial charge in [0.2, 0.25) is 0 Å². The lowest BCUT2D eigenvalue weighted by Gasteiger charge is -2.35. The van der Waals surface area contributed by atoms with Gasteiger partial charge in [-0.3, -0.25) is 4.90 Å². The minimum atomic E-state index is -0.845. The van der Waals surface area contributed by atoms with Crippen LogP contribution in [0.25, 0.3) is 0 Å². The Morgan fingerprint density at radius 3 is 1.82 bits per heavy atom. The van der Waals surface area contributed by atoms with Crippen LogP contribution in [0, 0.1) is 0 Å². The molecule has 1 aliphatic rings. The van der Waals surface area contributed by atoms with Gasteiger partial charge in [-0.1, -0.05) is 91.0 Å². The molecule has 0 unspecified atom stereocenters. The Balaban J connectivity index is 1.47. The zero-order valence-corrected chi connectivity index (χ0v) is 22.1. The molecule has 1 heterocycles. The third kappa shape index (κ3) is 7.65. The van der Waals surface area contributed by atoms with E-state index in [2.05, 4.69) is 0 Å². The number of hydrogen-bond acceptors (Lipinski definition) is 6. The topological polar surface area (TPSA) is 77.5 Å². The molecular weight excluding hydrogens is 482 g/mol. The molecule has 3 atom stereocenters. The van der Waals surface area contributed by atoms with Crippen LogP contribution in [0.5, 0.6) is 0 Å². The van der Waals surface area contributed by atoms with Gasteiger partial charge in [-0.05, 0) is 37.0 Å². The van der Waals surface area contributed by atoms with Gasteiger partial charge in [-0.15, -0.1) is 0 Å². The Morgan fingerprint density at radius 2 is 1.32 bits per heavy atom. The lowest BCUT2D eigenvalue weighted by atomic mass is 10.0. The van der Waals surface area contributed by atoms with Crippen molar-refractivity contribution in [2.75, 3.05) is 13.2 Å². The zero-order valence-electron chi connectivity index (χ0n) is 22.1. The first-order valence-corrected chi connectivity index (χ1v) is 13.0. The SMILES string of the molecule is CC1(C)OC[C@H](C[C@@H](OCc2ccccc2)[C@H](CO)OCc2ccccc2)N1C(=O)OCc1ccccc1. The fourth-order valence-corrected chi connectivity index (χ4v) is 4.64. The molecule has 1 N–H and O–H groups in total. The van der Waals surface area contributed by atoms with Crippen molar-refractivity contribution in [3.05, 3.63) is 108 Å². The van der Waals surface area contributed by atoms with Crippen molar-refractivity contribution in [1.82, 2.24) is 4.90 Å². The van der Waals surface area contributed by atoms with Gasteiger partial charge in [0, 0.05) is 0 Å². The van der Waals surface area contributed by atoms with Crippen LogP contribution in [0.3, 0.4) is 0 Å². The van der Waals surface area contributed by atoms with Crippen molar-refractivity contribution in [2.45, 2.75) is 64.1 Å². The molecule has 1 fully saturated rings. The summed E-state index contributed by atoms with van der Waals surface area (Å²) in [5, 5.41) is 10.3. The van der Waals surface area contributed by atoms with E-state index in [1.54, 1.807) is 4.90 Å². The quantitative estimate of drug-likeness (QED) is 0.349. The van der Waals surface area contributed by atoms with E-state index in [0.29, 0.717) is 26.2 Å². The van der Waals surface area contributed by atoms with E-state index in [1.165, 1.54) is 0 Å². The maximum absolute atomic E-state index is 13.3. The average molecular weight is 520 g/mol. The van der Waals surface area contributed by atoms with Crippen molar-refractivity contribution in [2.24, 2.45) is 0 Å². The molecule has 1 saturated heterocycles. The minimum Gasteiger partial charge on any atom is -0.444 e. The van der Waals surface area contributed by atoms with Gasteiger partial charge in [-0.2, -0.15) is 0 Å². The molecule has 1 amide bonds. The third-order valence-electron chi connectivity index (χ3n) is 6.69. The fraction of sp³-hybridized carbons (Fsp3) is 0.387. The van der Waals surface area contributed by atoms with Gasteiger partial charge in [0.1, 0.15) is 18.4 Å². The third-order valence-corrected chi connectivity index (χ3v) is 6.69. The highest BCUT2D eigenvalue weighted by atomic mass is 16.6. The maximum atomic E-state index is 13.3. The number of benzene rings is 3. The second-order valence-corrected chi connectivity index (χ2v) is 9.91.